The van der Waals surface area contributed by atoms with Gasteiger partial charge in [-0.3, -0.25) is 0 Å². The van der Waals surface area contributed by atoms with Crippen LogP contribution in [-0.2, 0) is 4.74 Å². The molecule has 5 heteroatoms. The van der Waals surface area contributed by atoms with Crippen LogP contribution >= 0.6 is 11.6 Å². The molecule has 0 atom stereocenters. The highest BCUT2D eigenvalue weighted by Crippen LogP contribution is 2.35. The third kappa shape index (κ3) is 2.82. The first-order chi connectivity index (χ1) is 8.11. The molecular formula is C12H14ClNO3. The van der Waals surface area contributed by atoms with E-state index >= 15 is 0 Å². The van der Waals surface area contributed by atoms with E-state index in [4.69, 9.17) is 22.1 Å². The Morgan fingerprint density at radius 2 is 2.24 bits per heavy atom. The van der Waals surface area contributed by atoms with Crippen molar-refractivity contribution in [1.82, 2.24) is 0 Å². The number of nitrogen functional groups attached to an aromatic ring is 1. The maximum atomic E-state index is 11.6. The summed E-state index contributed by atoms with van der Waals surface area (Å²) < 4.78 is 10.3. The summed E-state index contributed by atoms with van der Waals surface area (Å²) in [5, 5.41) is 0.339. The zero-order valence-corrected chi connectivity index (χ0v) is 10.3. The van der Waals surface area contributed by atoms with E-state index in [0.29, 0.717) is 29.0 Å². The summed E-state index contributed by atoms with van der Waals surface area (Å²) in [4.78, 5) is 11.6. The van der Waals surface area contributed by atoms with Crippen LogP contribution in [0.25, 0.3) is 0 Å². The molecule has 0 heterocycles. The van der Waals surface area contributed by atoms with Gasteiger partial charge in [-0.05, 0) is 30.9 Å². The number of anilines is 1. The van der Waals surface area contributed by atoms with Gasteiger partial charge in [-0.25, -0.2) is 4.79 Å². The van der Waals surface area contributed by atoms with Gasteiger partial charge in [0.05, 0.1) is 18.7 Å². The van der Waals surface area contributed by atoms with Gasteiger partial charge in [0.25, 0.3) is 0 Å². The molecule has 1 aromatic carbocycles. The predicted octanol–water partition coefficient (Wildman–Crippen LogP) is 2.50. The van der Waals surface area contributed by atoms with Crippen LogP contribution in [0.15, 0.2) is 12.1 Å². The van der Waals surface area contributed by atoms with Crippen molar-refractivity contribution in [2.45, 2.75) is 12.8 Å². The number of carbonyl (C=O) groups excluding carboxylic acids is 1. The number of benzene rings is 1. The van der Waals surface area contributed by atoms with Gasteiger partial charge in [0.2, 0.25) is 0 Å². The second-order valence-electron chi connectivity index (χ2n) is 4.13. The van der Waals surface area contributed by atoms with Crippen molar-refractivity contribution in [2.24, 2.45) is 5.92 Å². The monoisotopic (exact) mass is 255 g/mol. The SMILES string of the molecule is COC(=O)c1cc(N)cc(Cl)c1OCC1CC1. The first-order valence-corrected chi connectivity index (χ1v) is 5.79. The standard InChI is InChI=1S/C12H14ClNO3/c1-16-12(15)9-4-8(14)5-10(13)11(9)17-6-7-2-3-7/h4-5,7H,2-3,6,14H2,1H3. The van der Waals surface area contributed by atoms with Gasteiger partial charge in [0.1, 0.15) is 5.56 Å². The lowest BCUT2D eigenvalue weighted by molar-refractivity contribution is 0.0596. The molecule has 17 heavy (non-hydrogen) atoms. The minimum absolute atomic E-state index is 0.276. The van der Waals surface area contributed by atoms with Gasteiger partial charge >= 0.3 is 5.97 Å². The smallest absolute Gasteiger partial charge is 0.341 e. The number of methoxy groups -OCH3 is 1. The summed E-state index contributed by atoms with van der Waals surface area (Å²) in [6.07, 6.45) is 2.33. The number of halogens is 1. The molecule has 0 spiro atoms. The molecule has 2 rings (SSSR count). The van der Waals surface area contributed by atoms with Gasteiger partial charge in [-0.2, -0.15) is 0 Å². The molecule has 92 valence electrons. The predicted molar refractivity (Wildman–Crippen MR) is 65.4 cm³/mol. The maximum Gasteiger partial charge on any atom is 0.341 e. The number of rotatable bonds is 4. The van der Waals surface area contributed by atoms with Crippen LogP contribution in [0.1, 0.15) is 23.2 Å². The van der Waals surface area contributed by atoms with Gasteiger partial charge in [0.15, 0.2) is 5.75 Å². The van der Waals surface area contributed by atoms with Crippen LogP contribution in [0.5, 0.6) is 5.75 Å². The number of hydrogen-bond donors (Lipinski definition) is 1. The van der Waals surface area contributed by atoms with Crippen molar-refractivity contribution in [3.63, 3.8) is 0 Å². The average molecular weight is 256 g/mol. The molecule has 1 aliphatic rings. The Morgan fingerprint density at radius 3 is 2.82 bits per heavy atom. The van der Waals surface area contributed by atoms with Crippen molar-refractivity contribution >= 4 is 23.3 Å². The van der Waals surface area contributed by atoms with Crippen LogP contribution in [0.3, 0.4) is 0 Å². The van der Waals surface area contributed by atoms with Crippen molar-refractivity contribution in [1.29, 1.82) is 0 Å². The molecule has 1 aliphatic carbocycles. The average Bonchev–Trinajstić information content (AvgIpc) is 3.09. The van der Waals surface area contributed by atoms with Gasteiger partial charge in [-0.1, -0.05) is 11.6 Å². The molecule has 0 radical (unpaired) electrons. The zero-order valence-electron chi connectivity index (χ0n) is 9.53. The Labute approximate surface area is 105 Å². The summed E-state index contributed by atoms with van der Waals surface area (Å²) in [5.74, 6) is 0.443. The zero-order chi connectivity index (χ0) is 12.4. The largest absolute Gasteiger partial charge is 0.491 e. The molecule has 1 saturated carbocycles. The highest BCUT2D eigenvalue weighted by molar-refractivity contribution is 6.33. The first-order valence-electron chi connectivity index (χ1n) is 5.42. The molecule has 4 nitrogen and oxygen atoms in total. The first kappa shape index (κ1) is 12.0. The third-order valence-electron chi connectivity index (χ3n) is 2.63. The second kappa shape index (κ2) is 4.84. The Kier molecular flexibility index (Phi) is 3.43. The fourth-order valence-electron chi connectivity index (χ4n) is 1.51. The molecule has 0 unspecified atom stereocenters. The Bertz CT molecular complexity index is 444. The molecule has 0 aliphatic heterocycles. The second-order valence-corrected chi connectivity index (χ2v) is 4.53. The van der Waals surface area contributed by atoms with E-state index in [1.165, 1.54) is 26.0 Å². The third-order valence-corrected chi connectivity index (χ3v) is 2.91. The molecular weight excluding hydrogens is 242 g/mol. The molecule has 1 aromatic rings. The van der Waals surface area contributed by atoms with Crippen molar-refractivity contribution in [2.75, 3.05) is 19.5 Å². The van der Waals surface area contributed by atoms with E-state index in [1.807, 2.05) is 0 Å². The Hall–Kier alpha value is -1.42. The van der Waals surface area contributed by atoms with Crippen LogP contribution in [0.2, 0.25) is 5.02 Å². The molecule has 2 N–H and O–H groups in total. The summed E-state index contributed by atoms with van der Waals surface area (Å²) in [7, 11) is 1.31. The fourth-order valence-corrected chi connectivity index (χ4v) is 1.79. The fraction of sp³-hybridized carbons (Fsp3) is 0.417. The lowest BCUT2D eigenvalue weighted by atomic mass is 10.2. The molecule has 0 aromatic heterocycles. The van der Waals surface area contributed by atoms with E-state index in [9.17, 15) is 4.79 Å². The number of hydrogen-bond acceptors (Lipinski definition) is 4. The van der Waals surface area contributed by atoms with E-state index in [1.54, 1.807) is 6.07 Å². The minimum Gasteiger partial charge on any atom is -0.491 e. The number of carbonyl (C=O) groups is 1. The number of esters is 1. The molecule has 0 saturated heterocycles. The summed E-state index contributed by atoms with van der Waals surface area (Å²) in [5.41, 5.74) is 6.33. The normalized spacial score (nSPS) is 14.5. The van der Waals surface area contributed by atoms with Gasteiger partial charge in [-0.15, -0.1) is 0 Å². The topological polar surface area (TPSA) is 61.5 Å². The number of ether oxygens (including phenoxy) is 2. The van der Waals surface area contributed by atoms with Crippen molar-refractivity contribution in [3.05, 3.63) is 22.7 Å². The van der Waals surface area contributed by atoms with Crippen LogP contribution < -0.4 is 10.5 Å². The van der Waals surface area contributed by atoms with Crippen molar-refractivity contribution < 1.29 is 14.3 Å². The Balaban J connectivity index is 2.28. The highest BCUT2D eigenvalue weighted by atomic mass is 35.5. The Morgan fingerprint density at radius 1 is 1.53 bits per heavy atom. The van der Waals surface area contributed by atoms with Gasteiger partial charge < -0.3 is 15.2 Å². The molecule has 0 bridgehead atoms. The number of nitrogens with two attached hydrogens (primary N) is 1. The lowest BCUT2D eigenvalue weighted by Crippen LogP contribution is -2.09. The van der Waals surface area contributed by atoms with Crippen molar-refractivity contribution in [3.8, 4) is 5.75 Å². The van der Waals surface area contributed by atoms with E-state index in [2.05, 4.69) is 4.74 Å². The maximum absolute atomic E-state index is 11.6. The van der Waals surface area contributed by atoms with E-state index in [-0.39, 0.29) is 5.56 Å². The quantitative estimate of drug-likeness (QED) is 0.663. The van der Waals surface area contributed by atoms with Gasteiger partial charge in [0, 0.05) is 5.69 Å². The summed E-state index contributed by atoms with van der Waals surface area (Å²) >= 11 is 6.03. The highest BCUT2D eigenvalue weighted by Gasteiger charge is 2.24. The van der Waals surface area contributed by atoms with Crippen LogP contribution in [0, 0.1) is 5.92 Å². The summed E-state index contributed by atoms with van der Waals surface area (Å²) in [6, 6.07) is 3.08. The molecule has 0 amide bonds. The van der Waals surface area contributed by atoms with Crippen LogP contribution in [0.4, 0.5) is 5.69 Å². The van der Waals surface area contributed by atoms with Crippen LogP contribution in [-0.4, -0.2) is 19.7 Å². The molecule has 1 fully saturated rings. The minimum atomic E-state index is -0.495. The van der Waals surface area contributed by atoms with E-state index < -0.39 is 5.97 Å². The van der Waals surface area contributed by atoms with E-state index in [0.717, 1.165) is 0 Å². The lowest BCUT2D eigenvalue weighted by Gasteiger charge is -2.12. The summed E-state index contributed by atoms with van der Waals surface area (Å²) in [6.45, 7) is 0.577.